The van der Waals surface area contributed by atoms with Crippen molar-refractivity contribution in [1.29, 1.82) is 0 Å². The van der Waals surface area contributed by atoms with Crippen molar-refractivity contribution in [2.24, 2.45) is 5.92 Å². The molecule has 2 atom stereocenters. The largest absolute Gasteiger partial charge is 0.312 e. The third-order valence-corrected chi connectivity index (χ3v) is 6.46. The Kier molecular flexibility index (Phi) is 5.60. The standard InChI is InChI=1S/C14H24N2O2S2/c1-3-15-9-12-8-13(10-19-12)20(17,18)16-14-7-5-4-6-11(14)2/h8,10-11,14-16H,3-7,9H2,1-2H3. The molecule has 2 N–H and O–H groups in total. The second kappa shape index (κ2) is 7.02. The van der Waals surface area contributed by atoms with Crippen molar-refractivity contribution in [1.82, 2.24) is 10.0 Å². The van der Waals surface area contributed by atoms with Gasteiger partial charge in [0.2, 0.25) is 10.0 Å². The Morgan fingerprint density at radius 3 is 2.80 bits per heavy atom. The Morgan fingerprint density at radius 2 is 2.10 bits per heavy atom. The average molecular weight is 316 g/mol. The summed E-state index contributed by atoms with van der Waals surface area (Å²) in [6.45, 7) is 5.79. The smallest absolute Gasteiger partial charge is 0.241 e. The van der Waals surface area contributed by atoms with Crippen molar-refractivity contribution in [3.63, 3.8) is 0 Å². The topological polar surface area (TPSA) is 58.2 Å². The number of sulfonamides is 1. The third kappa shape index (κ3) is 4.04. The first kappa shape index (κ1) is 15.9. The van der Waals surface area contributed by atoms with Gasteiger partial charge in [-0.3, -0.25) is 0 Å². The molecular weight excluding hydrogens is 292 g/mol. The third-order valence-electron chi connectivity index (χ3n) is 3.91. The Hall–Kier alpha value is -0.430. The average Bonchev–Trinajstić information content (AvgIpc) is 2.88. The molecule has 1 aliphatic rings. The molecule has 1 saturated carbocycles. The molecule has 0 aliphatic heterocycles. The molecule has 2 rings (SSSR count). The van der Waals surface area contributed by atoms with E-state index in [2.05, 4.69) is 17.0 Å². The molecular formula is C14H24N2O2S2. The molecule has 0 saturated heterocycles. The lowest BCUT2D eigenvalue weighted by atomic mass is 9.87. The van der Waals surface area contributed by atoms with E-state index in [0.29, 0.717) is 10.8 Å². The molecule has 1 aromatic rings. The van der Waals surface area contributed by atoms with Crippen molar-refractivity contribution in [2.75, 3.05) is 6.54 Å². The summed E-state index contributed by atoms with van der Waals surface area (Å²) in [7, 11) is -3.36. The van der Waals surface area contributed by atoms with Gasteiger partial charge in [0.25, 0.3) is 0 Å². The van der Waals surface area contributed by atoms with E-state index < -0.39 is 10.0 Å². The van der Waals surface area contributed by atoms with Crippen molar-refractivity contribution in [3.05, 3.63) is 16.3 Å². The van der Waals surface area contributed by atoms with E-state index >= 15 is 0 Å². The molecule has 0 radical (unpaired) electrons. The minimum absolute atomic E-state index is 0.0888. The maximum Gasteiger partial charge on any atom is 0.241 e. The number of hydrogen-bond acceptors (Lipinski definition) is 4. The SMILES string of the molecule is CCNCc1cc(S(=O)(=O)NC2CCCCC2C)cs1. The molecule has 1 aromatic heterocycles. The van der Waals surface area contributed by atoms with Crippen LogP contribution in [-0.4, -0.2) is 21.0 Å². The van der Waals surface area contributed by atoms with Crippen molar-refractivity contribution in [3.8, 4) is 0 Å². The molecule has 0 spiro atoms. The molecule has 0 amide bonds. The van der Waals surface area contributed by atoms with Crippen molar-refractivity contribution < 1.29 is 8.42 Å². The van der Waals surface area contributed by atoms with E-state index in [4.69, 9.17) is 0 Å². The van der Waals surface area contributed by atoms with E-state index in [0.717, 1.165) is 37.2 Å². The van der Waals surface area contributed by atoms with E-state index in [1.165, 1.54) is 17.8 Å². The van der Waals surface area contributed by atoms with E-state index in [1.807, 2.05) is 6.92 Å². The van der Waals surface area contributed by atoms with Gasteiger partial charge < -0.3 is 5.32 Å². The summed E-state index contributed by atoms with van der Waals surface area (Å²) in [5.41, 5.74) is 0. The first-order valence-electron chi connectivity index (χ1n) is 7.33. The normalized spacial score (nSPS) is 23.9. The predicted molar refractivity (Wildman–Crippen MR) is 83.4 cm³/mol. The first-order chi connectivity index (χ1) is 9.53. The number of hydrogen-bond donors (Lipinski definition) is 2. The summed E-state index contributed by atoms with van der Waals surface area (Å²) in [6.07, 6.45) is 4.40. The van der Waals surface area contributed by atoms with Gasteiger partial charge in [-0.2, -0.15) is 0 Å². The molecule has 1 aliphatic carbocycles. The Balaban J connectivity index is 2.03. The van der Waals surface area contributed by atoms with Crippen molar-refractivity contribution in [2.45, 2.75) is 57.0 Å². The monoisotopic (exact) mass is 316 g/mol. The first-order valence-corrected chi connectivity index (χ1v) is 9.69. The summed E-state index contributed by atoms with van der Waals surface area (Å²) < 4.78 is 27.7. The molecule has 1 fully saturated rings. The highest BCUT2D eigenvalue weighted by atomic mass is 32.2. The lowest BCUT2D eigenvalue weighted by Gasteiger charge is -2.29. The zero-order valence-electron chi connectivity index (χ0n) is 12.2. The zero-order valence-corrected chi connectivity index (χ0v) is 13.8. The summed E-state index contributed by atoms with van der Waals surface area (Å²) in [5, 5.41) is 4.95. The second-order valence-corrected chi connectivity index (χ2v) is 8.23. The molecule has 0 aromatic carbocycles. The fourth-order valence-electron chi connectivity index (χ4n) is 2.60. The van der Waals surface area contributed by atoms with E-state index in [-0.39, 0.29) is 6.04 Å². The van der Waals surface area contributed by atoms with Crippen LogP contribution in [0.3, 0.4) is 0 Å². The molecule has 4 nitrogen and oxygen atoms in total. The fraction of sp³-hybridized carbons (Fsp3) is 0.714. The van der Waals surface area contributed by atoms with Gasteiger partial charge in [-0.15, -0.1) is 11.3 Å². The van der Waals surface area contributed by atoms with Gasteiger partial charge >= 0.3 is 0 Å². The lowest BCUT2D eigenvalue weighted by molar-refractivity contribution is 0.310. The van der Waals surface area contributed by atoms with Crippen LogP contribution in [0.1, 0.15) is 44.4 Å². The Labute approximate surface area is 126 Å². The Bertz CT molecular complexity index is 525. The fourth-order valence-corrected chi connectivity index (χ4v) is 5.22. The predicted octanol–water partition coefficient (Wildman–Crippen LogP) is 2.71. The van der Waals surface area contributed by atoms with Crippen LogP contribution in [0.4, 0.5) is 0 Å². The van der Waals surface area contributed by atoms with Crippen LogP contribution in [0.15, 0.2) is 16.3 Å². The van der Waals surface area contributed by atoms with E-state index in [1.54, 1.807) is 11.4 Å². The van der Waals surface area contributed by atoms with Crippen LogP contribution < -0.4 is 10.0 Å². The van der Waals surface area contributed by atoms with Crippen LogP contribution >= 0.6 is 11.3 Å². The molecule has 2 unspecified atom stereocenters. The van der Waals surface area contributed by atoms with Crippen LogP contribution in [0.25, 0.3) is 0 Å². The lowest BCUT2D eigenvalue weighted by Crippen LogP contribution is -2.40. The maximum absolute atomic E-state index is 12.4. The van der Waals surface area contributed by atoms with Gasteiger partial charge in [-0.05, 0) is 31.4 Å². The van der Waals surface area contributed by atoms with Gasteiger partial charge in [0.1, 0.15) is 0 Å². The van der Waals surface area contributed by atoms with E-state index in [9.17, 15) is 8.42 Å². The molecule has 1 heterocycles. The highest BCUT2D eigenvalue weighted by Gasteiger charge is 2.27. The Morgan fingerprint density at radius 1 is 1.35 bits per heavy atom. The van der Waals surface area contributed by atoms with Gasteiger partial charge in [0.15, 0.2) is 0 Å². The van der Waals surface area contributed by atoms with Gasteiger partial charge in [0.05, 0.1) is 4.90 Å². The highest BCUT2D eigenvalue weighted by molar-refractivity contribution is 7.89. The summed E-state index contributed by atoms with van der Waals surface area (Å²) in [5.74, 6) is 0.429. The molecule has 0 bridgehead atoms. The van der Waals surface area contributed by atoms with Crippen molar-refractivity contribution >= 4 is 21.4 Å². The molecule has 114 valence electrons. The second-order valence-electron chi connectivity index (χ2n) is 5.52. The van der Waals surface area contributed by atoms with Crippen LogP contribution in [-0.2, 0) is 16.6 Å². The summed E-state index contributed by atoms with van der Waals surface area (Å²) >= 11 is 1.50. The van der Waals surface area contributed by atoms with Gasteiger partial charge in [-0.1, -0.05) is 26.7 Å². The van der Waals surface area contributed by atoms with Gasteiger partial charge in [0, 0.05) is 22.8 Å². The van der Waals surface area contributed by atoms with Gasteiger partial charge in [-0.25, -0.2) is 13.1 Å². The van der Waals surface area contributed by atoms with Crippen LogP contribution in [0.2, 0.25) is 0 Å². The molecule has 20 heavy (non-hydrogen) atoms. The van der Waals surface area contributed by atoms with Crippen LogP contribution in [0.5, 0.6) is 0 Å². The maximum atomic E-state index is 12.4. The minimum Gasteiger partial charge on any atom is -0.312 e. The van der Waals surface area contributed by atoms with Crippen LogP contribution in [0, 0.1) is 5.92 Å². The highest BCUT2D eigenvalue weighted by Crippen LogP contribution is 2.26. The number of thiophene rings is 1. The minimum atomic E-state index is -3.36. The number of rotatable bonds is 6. The zero-order chi connectivity index (χ0) is 14.6. The number of nitrogens with one attached hydrogen (secondary N) is 2. The summed E-state index contributed by atoms with van der Waals surface area (Å²) in [4.78, 5) is 1.47. The summed E-state index contributed by atoms with van der Waals surface area (Å²) in [6, 6.07) is 1.87. The molecule has 6 heteroatoms. The quantitative estimate of drug-likeness (QED) is 0.848.